The van der Waals surface area contributed by atoms with Crippen LogP contribution in [0.4, 0.5) is 11.5 Å². The minimum absolute atomic E-state index is 0.0240. The molecule has 0 aliphatic carbocycles. The number of carbonyl (C=O) groups excluding carboxylic acids is 2. The first-order chi connectivity index (χ1) is 15.7. The van der Waals surface area contributed by atoms with Crippen molar-refractivity contribution in [3.8, 4) is 0 Å². The number of benzene rings is 2. The molecule has 164 valence electrons. The highest BCUT2D eigenvalue weighted by Crippen LogP contribution is 2.14. The van der Waals surface area contributed by atoms with Crippen molar-refractivity contribution in [3.63, 3.8) is 0 Å². The molecule has 0 bridgehead atoms. The molecule has 8 heteroatoms. The molecule has 32 heavy (non-hydrogen) atoms. The number of aromatic nitrogens is 2. The number of rotatable bonds is 7. The highest BCUT2D eigenvalue weighted by molar-refractivity contribution is 6.02. The predicted molar refractivity (Wildman–Crippen MR) is 123 cm³/mol. The van der Waals surface area contributed by atoms with Crippen molar-refractivity contribution in [2.24, 2.45) is 0 Å². The summed E-state index contributed by atoms with van der Waals surface area (Å²) in [4.78, 5) is 28.8. The van der Waals surface area contributed by atoms with Crippen LogP contribution in [0, 0.1) is 0 Å². The Morgan fingerprint density at radius 2 is 1.50 bits per heavy atom. The van der Waals surface area contributed by atoms with Gasteiger partial charge >= 0.3 is 0 Å². The van der Waals surface area contributed by atoms with Crippen LogP contribution in [-0.2, 0) is 11.3 Å². The van der Waals surface area contributed by atoms with E-state index in [9.17, 15) is 9.59 Å². The molecule has 1 saturated heterocycles. The van der Waals surface area contributed by atoms with Crippen molar-refractivity contribution in [1.29, 1.82) is 0 Å². The molecule has 0 radical (unpaired) electrons. The minimum atomic E-state index is -0.290. The average molecular weight is 431 g/mol. The fourth-order valence-corrected chi connectivity index (χ4v) is 3.52. The second kappa shape index (κ2) is 10.5. The second-order valence-corrected chi connectivity index (χ2v) is 7.62. The molecule has 3 aromatic rings. The zero-order valence-electron chi connectivity index (χ0n) is 17.8. The third-order valence-electron chi connectivity index (χ3n) is 5.31. The first-order valence-electron chi connectivity index (χ1n) is 10.7. The molecule has 2 amide bonds. The molecule has 1 fully saturated rings. The summed E-state index contributed by atoms with van der Waals surface area (Å²) >= 11 is 0. The molecule has 0 saturated carbocycles. The van der Waals surface area contributed by atoms with Crippen LogP contribution in [0.25, 0.3) is 0 Å². The molecule has 4 rings (SSSR count). The molecule has 1 aromatic heterocycles. The van der Waals surface area contributed by atoms with Crippen LogP contribution in [0.2, 0.25) is 0 Å². The van der Waals surface area contributed by atoms with Gasteiger partial charge in [0.1, 0.15) is 0 Å². The Morgan fingerprint density at radius 1 is 0.812 bits per heavy atom. The quantitative estimate of drug-likeness (QED) is 0.597. The molecule has 2 aromatic carbocycles. The second-order valence-electron chi connectivity index (χ2n) is 7.62. The number of piperazine rings is 1. The third kappa shape index (κ3) is 5.89. The normalized spacial score (nSPS) is 14.1. The summed E-state index contributed by atoms with van der Waals surface area (Å²) in [5, 5.41) is 14.1. The Kier molecular flexibility index (Phi) is 7.04. The van der Waals surface area contributed by atoms with E-state index in [1.165, 1.54) is 0 Å². The largest absolute Gasteiger partial charge is 0.353 e. The van der Waals surface area contributed by atoms with Crippen LogP contribution >= 0.6 is 0 Å². The Hall–Kier alpha value is -3.78. The van der Waals surface area contributed by atoms with Gasteiger partial charge in [-0.1, -0.05) is 48.5 Å². The maximum Gasteiger partial charge on any atom is 0.276 e. The van der Waals surface area contributed by atoms with Gasteiger partial charge in [0.25, 0.3) is 5.91 Å². The highest BCUT2D eigenvalue weighted by Gasteiger charge is 2.20. The number of para-hydroxylation sites is 1. The lowest BCUT2D eigenvalue weighted by Crippen LogP contribution is -2.49. The molecule has 0 spiro atoms. The fraction of sp³-hybridized carbons (Fsp3) is 0.250. The fourth-order valence-electron chi connectivity index (χ4n) is 3.52. The maximum absolute atomic E-state index is 12.3. The molecule has 8 nitrogen and oxygen atoms in total. The van der Waals surface area contributed by atoms with Crippen molar-refractivity contribution in [1.82, 2.24) is 20.4 Å². The van der Waals surface area contributed by atoms with Gasteiger partial charge in [-0.15, -0.1) is 10.2 Å². The number of hydrogen-bond acceptors (Lipinski definition) is 6. The van der Waals surface area contributed by atoms with E-state index in [0.29, 0.717) is 18.8 Å². The van der Waals surface area contributed by atoms with E-state index in [2.05, 4.69) is 30.6 Å². The van der Waals surface area contributed by atoms with Crippen LogP contribution in [0.3, 0.4) is 0 Å². The molecule has 2 N–H and O–H groups in total. The van der Waals surface area contributed by atoms with Gasteiger partial charge in [-0.2, -0.15) is 0 Å². The lowest BCUT2D eigenvalue weighted by molar-refractivity contribution is -0.122. The van der Waals surface area contributed by atoms with Crippen LogP contribution in [-0.4, -0.2) is 59.6 Å². The van der Waals surface area contributed by atoms with E-state index in [-0.39, 0.29) is 17.5 Å². The summed E-state index contributed by atoms with van der Waals surface area (Å²) in [6, 6.07) is 22.6. The zero-order valence-corrected chi connectivity index (χ0v) is 17.8. The number of nitrogens with one attached hydrogen (secondary N) is 2. The van der Waals surface area contributed by atoms with E-state index < -0.39 is 0 Å². The number of anilines is 2. The van der Waals surface area contributed by atoms with Gasteiger partial charge in [-0.05, 0) is 29.8 Å². The predicted octanol–water partition coefficient (Wildman–Crippen LogP) is 2.17. The van der Waals surface area contributed by atoms with Gasteiger partial charge in [0.05, 0.1) is 6.54 Å². The molecule has 0 unspecified atom stereocenters. The summed E-state index contributed by atoms with van der Waals surface area (Å²) < 4.78 is 0. The number of nitrogens with zero attached hydrogens (tertiary/aromatic N) is 4. The van der Waals surface area contributed by atoms with E-state index in [0.717, 1.165) is 37.6 Å². The van der Waals surface area contributed by atoms with Crippen LogP contribution in [0.5, 0.6) is 0 Å². The van der Waals surface area contributed by atoms with E-state index >= 15 is 0 Å². The summed E-state index contributed by atoms with van der Waals surface area (Å²) in [5.74, 6) is 0.465. The smallest absolute Gasteiger partial charge is 0.276 e. The lowest BCUT2D eigenvalue weighted by Gasteiger charge is -2.34. The highest BCUT2D eigenvalue weighted by atomic mass is 16.2. The van der Waals surface area contributed by atoms with Crippen molar-refractivity contribution in [2.45, 2.75) is 6.54 Å². The number of carbonyl (C=O) groups is 2. The number of amides is 2. The topological polar surface area (TPSA) is 90.5 Å². The summed E-state index contributed by atoms with van der Waals surface area (Å²) in [6.07, 6.45) is 0. The Labute approximate surface area is 187 Å². The molecular formula is C24H26N6O2. The van der Waals surface area contributed by atoms with Crippen molar-refractivity contribution < 1.29 is 9.59 Å². The van der Waals surface area contributed by atoms with Crippen molar-refractivity contribution >= 4 is 23.3 Å². The monoisotopic (exact) mass is 430 g/mol. The average Bonchev–Trinajstić information content (AvgIpc) is 2.85. The van der Waals surface area contributed by atoms with Gasteiger partial charge in [0.15, 0.2) is 11.5 Å². The van der Waals surface area contributed by atoms with Crippen molar-refractivity contribution in [2.75, 3.05) is 42.9 Å². The molecule has 0 atom stereocenters. The minimum Gasteiger partial charge on any atom is -0.353 e. The van der Waals surface area contributed by atoms with Gasteiger partial charge in [0, 0.05) is 38.4 Å². The number of hydrogen-bond donors (Lipinski definition) is 2. The van der Waals surface area contributed by atoms with E-state index in [4.69, 9.17) is 0 Å². The third-order valence-corrected chi connectivity index (χ3v) is 5.31. The first kappa shape index (κ1) is 21.5. The van der Waals surface area contributed by atoms with Crippen LogP contribution in [0.15, 0.2) is 72.8 Å². The Balaban J connectivity index is 1.22. The molecule has 1 aliphatic rings. The SMILES string of the molecule is O=C(CN1CCN(c2ccc(C(=O)Nc3ccccc3)nn2)CC1)NCc1ccccc1. The Bertz CT molecular complexity index is 1020. The maximum atomic E-state index is 12.3. The summed E-state index contributed by atoms with van der Waals surface area (Å²) in [7, 11) is 0. The summed E-state index contributed by atoms with van der Waals surface area (Å²) in [6.45, 7) is 3.93. The van der Waals surface area contributed by atoms with Gasteiger partial charge in [-0.3, -0.25) is 14.5 Å². The molecule has 1 aliphatic heterocycles. The standard InChI is InChI=1S/C24H26N6O2/c31-23(25-17-19-7-3-1-4-8-19)18-29-13-15-30(16-14-29)22-12-11-21(27-28-22)24(32)26-20-9-5-2-6-10-20/h1-12H,13-18H2,(H,25,31)(H,26,32). The van der Waals surface area contributed by atoms with Crippen molar-refractivity contribution in [3.05, 3.63) is 84.1 Å². The molecular weight excluding hydrogens is 404 g/mol. The zero-order chi connectivity index (χ0) is 22.2. The van der Waals surface area contributed by atoms with Gasteiger partial charge in [0.2, 0.25) is 5.91 Å². The first-order valence-corrected chi connectivity index (χ1v) is 10.7. The van der Waals surface area contributed by atoms with E-state index in [1.54, 1.807) is 6.07 Å². The van der Waals surface area contributed by atoms with Gasteiger partial charge in [-0.25, -0.2) is 0 Å². The van der Waals surface area contributed by atoms with Gasteiger partial charge < -0.3 is 15.5 Å². The van der Waals surface area contributed by atoms with Crippen LogP contribution in [0.1, 0.15) is 16.1 Å². The van der Waals surface area contributed by atoms with E-state index in [1.807, 2.05) is 66.7 Å². The van der Waals surface area contributed by atoms with Crippen LogP contribution < -0.4 is 15.5 Å². The summed E-state index contributed by atoms with van der Waals surface area (Å²) in [5.41, 5.74) is 2.07. The lowest BCUT2D eigenvalue weighted by atomic mass is 10.2. The Morgan fingerprint density at radius 3 is 2.16 bits per heavy atom. The molecule has 2 heterocycles.